The molecule has 0 aromatic rings. The zero-order chi connectivity index (χ0) is 9.80. The lowest BCUT2D eigenvalue weighted by atomic mass is 9.99. The zero-order valence-corrected chi connectivity index (χ0v) is 9.24. The Balaban J connectivity index is 1.64. The predicted molar refractivity (Wildman–Crippen MR) is 59.5 cm³/mol. The van der Waals surface area contributed by atoms with Crippen LogP contribution in [0.25, 0.3) is 0 Å². The van der Waals surface area contributed by atoms with Gasteiger partial charge < -0.3 is 10.6 Å². The van der Waals surface area contributed by atoms with Gasteiger partial charge >= 0.3 is 0 Å². The van der Waals surface area contributed by atoms with Crippen molar-refractivity contribution in [2.45, 2.75) is 25.3 Å². The highest BCUT2D eigenvalue weighted by atomic mass is 32.2. The van der Waals surface area contributed by atoms with Crippen molar-refractivity contribution >= 4 is 17.7 Å². The van der Waals surface area contributed by atoms with E-state index in [0.29, 0.717) is 18.4 Å². The van der Waals surface area contributed by atoms with Gasteiger partial charge in [0.1, 0.15) is 0 Å². The van der Waals surface area contributed by atoms with Crippen molar-refractivity contribution in [1.82, 2.24) is 10.6 Å². The van der Waals surface area contributed by atoms with Crippen molar-refractivity contribution in [1.29, 1.82) is 0 Å². The molecule has 2 heterocycles. The van der Waals surface area contributed by atoms with Crippen molar-refractivity contribution < 1.29 is 4.79 Å². The second kappa shape index (κ2) is 5.03. The van der Waals surface area contributed by atoms with E-state index in [1.54, 1.807) is 0 Å². The van der Waals surface area contributed by atoms with Gasteiger partial charge in [0.25, 0.3) is 0 Å². The fraction of sp³-hybridized carbons (Fsp3) is 0.900. The fourth-order valence-electron chi connectivity index (χ4n) is 1.90. The van der Waals surface area contributed by atoms with E-state index < -0.39 is 0 Å². The molecule has 2 rings (SSSR count). The highest BCUT2D eigenvalue weighted by molar-refractivity contribution is 7.99. The Bertz CT molecular complexity index is 200. The molecule has 2 N–H and O–H groups in total. The van der Waals surface area contributed by atoms with Gasteiger partial charge in [0.15, 0.2) is 0 Å². The molecule has 0 aromatic carbocycles. The quantitative estimate of drug-likeness (QED) is 0.723. The van der Waals surface area contributed by atoms with Crippen LogP contribution in [0.1, 0.15) is 19.3 Å². The van der Waals surface area contributed by atoms with Crippen molar-refractivity contribution in [2.24, 2.45) is 5.92 Å². The van der Waals surface area contributed by atoms with Crippen LogP contribution < -0.4 is 10.6 Å². The number of rotatable bonds is 3. The van der Waals surface area contributed by atoms with Crippen LogP contribution >= 0.6 is 11.8 Å². The number of carbonyl (C=O) groups excluding carboxylic acids is 1. The molecule has 1 atom stereocenters. The van der Waals surface area contributed by atoms with Gasteiger partial charge in [0.2, 0.25) is 5.91 Å². The maximum Gasteiger partial charge on any atom is 0.220 e. The van der Waals surface area contributed by atoms with E-state index in [-0.39, 0.29) is 5.91 Å². The first-order valence-corrected chi connectivity index (χ1v) is 6.58. The number of carbonyl (C=O) groups is 1. The van der Waals surface area contributed by atoms with E-state index in [1.165, 1.54) is 18.6 Å². The van der Waals surface area contributed by atoms with Gasteiger partial charge in [-0.15, -0.1) is 0 Å². The maximum absolute atomic E-state index is 11.6. The lowest BCUT2D eigenvalue weighted by molar-refractivity contribution is -0.123. The molecule has 2 aliphatic rings. The van der Waals surface area contributed by atoms with Crippen molar-refractivity contribution in [3.05, 3.63) is 0 Å². The number of hydrogen-bond donors (Lipinski definition) is 2. The van der Waals surface area contributed by atoms with Gasteiger partial charge in [-0.1, -0.05) is 0 Å². The number of thioether (sulfide) groups is 1. The largest absolute Gasteiger partial charge is 0.353 e. The number of amides is 1. The summed E-state index contributed by atoms with van der Waals surface area (Å²) in [5.41, 5.74) is 0. The Morgan fingerprint density at radius 1 is 1.50 bits per heavy atom. The first-order chi connectivity index (χ1) is 6.84. The molecule has 0 saturated carbocycles. The lowest BCUT2D eigenvalue weighted by Crippen LogP contribution is -2.46. The Kier molecular flexibility index (Phi) is 3.70. The van der Waals surface area contributed by atoms with E-state index >= 15 is 0 Å². The normalized spacial score (nSPS) is 28.1. The van der Waals surface area contributed by atoms with Crippen molar-refractivity contribution in [2.75, 3.05) is 24.6 Å². The van der Waals surface area contributed by atoms with E-state index in [1.807, 2.05) is 11.8 Å². The molecule has 2 saturated heterocycles. The van der Waals surface area contributed by atoms with Crippen LogP contribution in [-0.2, 0) is 4.79 Å². The van der Waals surface area contributed by atoms with E-state index in [9.17, 15) is 4.79 Å². The topological polar surface area (TPSA) is 41.1 Å². The lowest BCUT2D eigenvalue weighted by Gasteiger charge is -2.28. The molecule has 4 heteroatoms. The second-order valence-electron chi connectivity index (χ2n) is 4.21. The molecule has 0 aliphatic carbocycles. The van der Waals surface area contributed by atoms with Gasteiger partial charge in [-0.2, -0.15) is 11.8 Å². The molecule has 0 radical (unpaired) electrons. The minimum atomic E-state index is 0.254. The van der Waals surface area contributed by atoms with Gasteiger partial charge in [0, 0.05) is 18.2 Å². The third-order valence-corrected chi connectivity index (χ3v) is 4.08. The van der Waals surface area contributed by atoms with Crippen LogP contribution in [0.4, 0.5) is 0 Å². The van der Waals surface area contributed by atoms with Crippen LogP contribution in [0.2, 0.25) is 0 Å². The first kappa shape index (κ1) is 10.3. The molecule has 14 heavy (non-hydrogen) atoms. The molecule has 0 bridgehead atoms. The summed E-state index contributed by atoms with van der Waals surface area (Å²) in [5.74, 6) is 3.21. The Hall–Kier alpha value is -0.220. The summed E-state index contributed by atoms with van der Waals surface area (Å²) in [7, 11) is 0. The van der Waals surface area contributed by atoms with Crippen molar-refractivity contribution in [3.63, 3.8) is 0 Å². The van der Waals surface area contributed by atoms with Crippen LogP contribution in [0.3, 0.4) is 0 Å². The molecule has 1 unspecified atom stereocenters. The summed E-state index contributed by atoms with van der Waals surface area (Å²) >= 11 is 1.96. The molecular weight excluding hydrogens is 196 g/mol. The molecule has 80 valence electrons. The van der Waals surface area contributed by atoms with Gasteiger partial charge in [-0.25, -0.2) is 0 Å². The first-order valence-electron chi connectivity index (χ1n) is 5.42. The smallest absolute Gasteiger partial charge is 0.220 e. The molecule has 2 aliphatic heterocycles. The van der Waals surface area contributed by atoms with Crippen LogP contribution in [0.5, 0.6) is 0 Å². The summed E-state index contributed by atoms with van der Waals surface area (Å²) in [6.45, 7) is 2.04. The standard InChI is InChI=1S/C10H18N2OS/c13-10(4-8-5-11-6-8)12-9-2-1-3-14-7-9/h8-9,11H,1-7H2,(H,12,13). The van der Waals surface area contributed by atoms with E-state index in [4.69, 9.17) is 0 Å². The fourth-order valence-corrected chi connectivity index (χ4v) is 2.97. The molecular formula is C10H18N2OS. The Morgan fingerprint density at radius 3 is 2.93 bits per heavy atom. The minimum absolute atomic E-state index is 0.254. The van der Waals surface area contributed by atoms with Crippen molar-refractivity contribution in [3.8, 4) is 0 Å². The van der Waals surface area contributed by atoms with Crippen LogP contribution in [0, 0.1) is 5.92 Å². The molecule has 3 nitrogen and oxygen atoms in total. The predicted octanol–water partition coefficient (Wildman–Crippen LogP) is 0.608. The molecule has 1 amide bonds. The highest BCUT2D eigenvalue weighted by Crippen LogP contribution is 2.17. The summed E-state index contributed by atoms with van der Waals surface area (Å²) < 4.78 is 0. The molecule has 2 fully saturated rings. The third-order valence-electron chi connectivity index (χ3n) is 2.87. The average molecular weight is 214 g/mol. The Morgan fingerprint density at radius 2 is 2.36 bits per heavy atom. The summed E-state index contributed by atoms with van der Waals surface area (Å²) in [6, 6.07) is 0.439. The summed E-state index contributed by atoms with van der Waals surface area (Å²) in [6.07, 6.45) is 3.14. The third kappa shape index (κ3) is 2.89. The average Bonchev–Trinajstić information content (AvgIpc) is 2.13. The summed E-state index contributed by atoms with van der Waals surface area (Å²) in [5, 5.41) is 6.32. The second-order valence-corrected chi connectivity index (χ2v) is 5.36. The van der Waals surface area contributed by atoms with E-state index in [2.05, 4.69) is 10.6 Å². The van der Waals surface area contributed by atoms with Crippen LogP contribution in [-0.4, -0.2) is 36.5 Å². The minimum Gasteiger partial charge on any atom is -0.353 e. The summed E-state index contributed by atoms with van der Waals surface area (Å²) in [4.78, 5) is 11.6. The van der Waals surface area contributed by atoms with E-state index in [0.717, 1.165) is 18.8 Å². The van der Waals surface area contributed by atoms with Gasteiger partial charge in [-0.05, 0) is 37.6 Å². The maximum atomic E-state index is 11.6. The van der Waals surface area contributed by atoms with Gasteiger partial charge in [0.05, 0.1) is 0 Å². The van der Waals surface area contributed by atoms with Crippen LogP contribution in [0.15, 0.2) is 0 Å². The number of nitrogens with one attached hydrogen (secondary N) is 2. The zero-order valence-electron chi connectivity index (χ0n) is 8.42. The monoisotopic (exact) mass is 214 g/mol. The Labute approximate surface area is 89.4 Å². The SMILES string of the molecule is O=C(CC1CNC1)NC1CCCSC1. The number of hydrogen-bond acceptors (Lipinski definition) is 3. The molecule has 0 aromatic heterocycles. The molecule has 0 spiro atoms. The van der Waals surface area contributed by atoms with Gasteiger partial charge in [-0.3, -0.25) is 4.79 Å². The highest BCUT2D eigenvalue weighted by Gasteiger charge is 2.22.